The minimum atomic E-state index is -0.986. The average molecular weight is 273 g/mol. The van der Waals surface area contributed by atoms with E-state index in [4.69, 9.17) is 5.11 Å². The van der Waals surface area contributed by atoms with Gasteiger partial charge in [-0.2, -0.15) is 5.10 Å². The zero-order valence-corrected chi connectivity index (χ0v) is 11.3. The standard InChI is InChI=1S/C14H15N3O3/c1-9-3-4-11(5-10(9)2)14(20)16-12-6-15-17(7-12)8-13(18)19/h3-7H,8H2,1-2H3,(H,16,20)(H,18,19). The number of aromatic nitrogens is 2. The molecule has 0 saturated carbocycles. The number of hydrogen-bond donors (Lipinski definition) is 2. The van der Waals surface area contributed by atoms with Gasteiger partial charge in [0, 0.05) is 11.8 Å². The number of aliphatic carboxylic acids is 1. The molecule has 2 aromatic rings. The van der Waals surface area contributed by atoms with Crippen molar-refractivity contribution in [2.75, 3.05) is 5.32 Å². The fourth-order valence-corrected chi connectivity index (χ4v) is 1.74. The maximum atomic E-state index is 12.0. The molecule has 0 aliphatic carbocycles. The van der Waals surface area contributed by atoms with Crippen LogP contribution >= 0.6 is 0 Å². The number of nitrogens with one attached hydrogen (secondary N) is 1. The molecule has 20 heavy (non-hydrogen) atoms. The summed E-state index contributed by atoms with van der Waals surface area (Å²) in [7, 11) is 0. The Bertz CT molecular complexity index is 661. The number of hydrogen-bond acceptors (Lipinski definition) is 3. The van der Waals surface area contributed by atoms with Crippen molar-refractivity contribution in [3.8, 4) is 0 Å². The topological polar surface area (TPSA) is 84.2 Å². The van der Waals surface area contributed by atoms with E-state index in [9.17, 15) is 9.59 Å². The van der Waals surface area contributed by atoms with Crippen molar-refractivity contribution in [3.63, 3.8) is 0 Å². The molecule has 0 fully saturated rings. The van der Waals surface area contributed by atoms with E-state index in [0.717, 1.165) is 11.1 Å². The molecule has 0 radical (unpaired) electrons. The van der Waals surface area contributed by atoms with Crippen LogP contribution in [0.1, 0.15) is 21.5 Å². The van der Waals surface area contributed by atoms with Gasteiger partial charge in [0.05, 0.1) is 11.9 Å². The van der Waals surface area contributed by atoms with E-state index in [1.165, 1.54) is 17.1 Å². The van der Waals surface area contributed by atoms with Gasteiger partial charge in [-0.3, -0.25) is 14.3 Å². The van der Waals surface area contributed by atoms with E-state index in [-0.39, 0.29) is 12.5 Å². The molecule has 2 rings (SSSR count). The van der Waals surface area contributed by atoms with Crippen LogP contribution in [0.15, 0.2) is 30.6 Å². The molecule has 0 spiro atoms. The van der Waals surface area contributed by atoms with E-state index in [1.807, 2.05) is 26.0 Å². The second-order valence-electron chi connectivity index (χ2n) is 4.57. The molecular weight excluding hydrogens is 258 g/mol. The monoisotopic (exact) mass is 273 g/mol. The van der Waals surface area contributed by atoms with Crippen LogP contribution in [0.3, 0.4) is 0 Å². The molecule has 0 aliphatic rings. The molecule has 6 heteroatoms. The third kappa shape index (κ3) is 3.23. The molecule has 0 bridgehead atoms. The largest absolute Gasteiger partial charge is 0.480 e. The first-order valence-electron chi connectivity index (χ1n) is 6.08. The van der Waals surface area contributed by atoms with Gasteiger partial charge in [0.15, 0.2) is 0 Å². The fraction of sp³-hybridized carbons (Fsp3) is 0.214. The Morgan fingerprint density at radius 1 is 1.30 bits per heavy atom. The second kappa shape index (κ2) is 5.56. The van der Waals surface area contributed by atoms with Gasteiger partial charge in [-0.15, -0.1) is 0 Å². The average Bonchev–Trinajstić information content (AvgIpc) is 2.79. The number of rotatable bonds is 4. The zero-order valence-electron chi connectivity index (χ0n) is 11.3. The molecule has 1 aromatic heterocycles. The molecule has 0 saturated heterocycles. The normalized spacial score (nSPS) is 10.3. The molecular formula is C14H15N3O3. The minimum Gasteiger partial charge on any atom is -0.480 e. The Balaban J connectivity index is 2.09. The SMILES string of the molecule is Cc1ccc(C(=O)Nc2cnn(CC(=O)O)c2)cc1C. The number of carboxylic acids is 1. The Morgan fingerprint density at radius 3 is 2.70 bits per heavy atom. The van der Waals surface area contributed by atoms with Gasteiger partial charge in [0.1, 0.15) is 6.54 Å². The van der Waals surface area contributed by atoms with Gasteiger partial charge in [0.25, 0.3) is 5.91 Å². The number of anilines is 1. The van der Waals surface area contributed by atoms with Gasteiger partial charge in [0.2, 0.25) is 0 Å². The summed E-state index contributed by atoms with van der Waals surface area (Å²) in [5.41, 5.74) is 3.18. The first-order valence-corrected chi connectivity index (χ1v) is 6.08. The molecule has 1 aromatic carbocycles. The van der Waals surface area contributed by atoms with Crippen molar-refractivity contribution < 1.29 is 14.7 Å². The maximum absolute atomic E-state index is 12.0. The lowest BCUT2D eigenvalue weighted by atomic mass is 10.1. The van der Waals surface area contributed by atoms with E-state index in [1.54, 1.807) is 6.07 Å². The van der Waals surface area contributed by atoms with Crippen LogP contribution in [0, 0.1) is 13.8 Å². The maximum Gasteiger partial charge on any atom is 0.325 e. The third-order valence-corrected chi connectivity index (χ3v) is 2.96. The van der Waals surface area contributed by atoms with Crippen molar-refractivity contribution in [3.05, 3.63) is 47.3 Å². The Labute approximate surface area is 116 Å². The lowest BCUT2D eigenvalue weighted by molar-refractivity contribution is -0.137. The molecule has 1 heterocycles. The Hall–Kier alpha value is -2.63. The summed E-state index contributed by atoms with van der Waals surface area (Å²) in [6, 6.07) is 5.45. The Morgan fingerprint density at radius 2 is 2.05 bits per heavy atom. The summed E-state index contributed by atoms with van der Waals surface area (Å²) >= 11 is 0. The van der Waals surface area contributed by atoms with Crippen molar-refractivity contribution >= 4 is 17.6 Å². The van der Waals surface area contributed by atoms with Crippen LogP contribution in [0.4, 0.5) is 5.69 Å². The highest BCUT2D eigenvalue weighted by atomic mass is 16.4. The number of carbonyl (C=O) groups is 2. The van der Waals surface area contributed by atoms with Crippen molar-refractivity contribution in [2.45, 2.75) is 20.4 Å². The number of aryl methyl sites for hydroxylation is 2. The highest BCUT2D eigenvalue weighted by molar-refractivity contribution is 6.04. The predicted molar refractivity (Wildman–Crippen MR) is 73.7 cm³/mol. The van der Waals surface area contributed by atoms with Crippen LogP contribution in [0.25, 0.3) is 0 Å². The molecule has 2 N–H and O–H groups in total. The summed E-state index contributed by atoms with van der Waals surface area (Å²) in [5.74, 6) is -1.23. The first kappa shape index (κ1) is 13.8. The van der Waals surface area contributed by atoms with Crippen LogP contribution < -0.4 is 5.32 Å². The van der Waals surface area contributed by atoms with Gasteiger partial charge >= 0.3 is 5.97 Å². The van der Waals surface area contributed by atoms with E-state index in [0.29, 0.717) is 11.3 Å². The summed E-state index contributed by atoms with van der Waals surface area (Å²) in [6.07, 6.45) is 2.90. The van der Waals surface area contributed by atoms with Crippen LogP contribution in [0.5, 0.6) is 0 Å². The van der Waals surface area contributed by atoms with Gasteiger partial charge < -0.3 is 10.4 Å². The van der Waals surface area contributed by atoms with Crippen LogP contribution in [-0.2, 0) is 11.3 Å². The van der Waals surface area contributed by atoms with E-state index >= 15 is 0 Å². The summed E-state index contributed by atoms with van der Waals surface area (Å²) < 4.78 is 1.25. The predicted octanol–water partition coefficient (Wildman–Crippen LogP) is 1.84. The molecule has 104 valence electrons. The number of carbonyl (C=O) groups excluding carboxylic acids is 1. The minimum absolute atomic E-state index is 0.237. The fourth-order valence-electron chi connectivity index (χ4n) is 1.74. The van der Waals surface area contributed by atoms with Crippen molar-refractivity contribution in [1.29, 1.82) is 0 Å². The summed E-state index contributed by atoms with van der Waals surface area (Å²) in [6.45, 7) is 3.68. The van der Waals surface area contributed by atoms with Gasteiger partial charge in [-0.1, -0.05) is 6.07 Å². The van der Waals surface area contributed by atoms with Crippen LogP contribution in [-0.4, -0.2) is 26.8 Å². The summed E-state index contributed by atoms with van der Waals surface area (Å²) in [5, 5.41) is 15.2. The smallest absolute Gasteiger partial charge is 0.325 e. The van der Waals surface area contributed by atoms with Gasteiger partial charge in [-0.25, -0.2) is 0 Å². The number of benzene rings is 1. The highest BCUT2D eigenvalue weighted by Gasteiger charge is 2.09. The molecule has 1 amide bonds. The third-order valence-electron chi connectivity index (χ3n) is 2.96. The molecule has 0 aliphatic heterocycles. The van der Waals surface area contributed by atoms with Crippen molar-refractivity contribution in [1.82, 2.24) is 9.78 Å². The second-order valence-corrected chi connectivity index (χ2v) is 4.57. The lowest BCUT2D eigenvalue weighted by Gasteiger charge is -2.05. The molecule has 6 nitrogen and oxygen atoms in total. The number of amides is 1. The molecule has 0 atom stereocenters. The number of nitrogens with zero attached hydrogens (tertiary/aromatic N) is 2. The Kier molecular flexibility index (Phi) is 3.84. The zero-order chi connectivity index (χ0) is 14.7. The lowest BCUT2D eigenvalue weighted by Crippen LogP contribution is -2.12. The van der Waals surface area contributed by atoms with Crippen LogP contribution in [0.2, 0.25) is 0 Å². The van der Waals surface area contributed by atoms with Gasteiger partial charge in [-0.05, 0) is 37.1 Å². The van der Waals surface area contributed by atoms with Crippen molar-refractivity contribution in [2.24, 2.45) is 0 Å². The quantitative estimate of drug-likeness (QED) is 0.890. The molecule has 0 unspecified atom stereocenters. The number of carboxylic acid groups (broad SMARTS) is 1. The van der Waals surface area contributed by atoms with E-state index in [2.05, 4.69) is 10.4 Å². The summed E-state index contributed by atoms with van der Waals surface area (Å²) in [4.78, 5) is 22.6. The first-order chi connectivity index (χ1) is 9.45. The highest BCUT2D eigenvalue weighted by Crippen LogP contribution is 2.12. The van der Waals surface area contributed by atoms with E-state index < -0.39 is 5.97 Å².